The van der Waals surface area contributed by atoms with Crippen LogP contribution in [0.3, 0.4) is 0 Å². The Balaban J connectivity index is 0.00000128. The summed E-state index contributed by atoms with van der Waals surface area (Å²) in [5, 5.41) is 0. The van der Waals surface area contributed by atoms with E-state index in [-0.39, 0.29) is 24.4 Å². The Hall–Kier alpha value is -1.06. The van der Waals surface area contributed by atoms with E-state index in [0.29, 0.717) is 13.0 Å². The number of hydrogen-bond donors (Lipinski definition) is 1. The molecule has 1 heterocycles. The maximum absolute atomic E-state index is 11.8. The summed E-state index contributed by atoms with van der Waals surface area (Å²) in [5.41, 5.74) is 6.83. The highest BCUT2D eigenvalue weighted by atomic mass is 35.5. The van der Waals surface area contributed by atoms with Crippen molar-refractivity contribution in [1.29, 1.82) is 0 Å². The van der Waals surface area contributed by atoms with Crippen LogP contribution in [0, 0.1) is 0 Å². The summed E-state index contributed by atoms with van der Waals surface area (Å²) in [6.07, 6.45) is 1.42. The molecule has 0 spiro atoms. The van der Waals surface area contributed by atoms with Crippen LogP contribution in [0.25, 0.3) is 0 Å². The van der Waals surface area contributed by atoms with E-state index in [1.54, 1.807) is 0 Å². The SMILES string of the molecule is Cl.N[C@H]1CCN(C(=O)Cc2ccccc2)C1. The minimum Gasteiger partial charge on any atom is -0.341 e. The first-order valence-electron chi connectivity index (χ1n) is 5.33. The van der Waals surface area contributed by atoms with Gasteiger partial charge in [0.25, 0.3) is 0 Å². The lowest BCUT2D eigenvalue weighted by Crippen LogP contribution is -2.32. The van der Waals surface area contributed by atoms with Gasteiger partial charge in [0.15, 0.2) is 0 Å². The molecule has 0 aromatic heterocycles. The van der Waals surface area contributed by atoms with Crippen LogP contribution < -0.4 is 5.73 Å². The summed E-state index contributed by atoms with van der Waals surface area (Å²) in [5.74, 6) is 0.189. The average molecular weight is 241 g/mol. The third-order valence-corrected chi connectivity index (χ3v) is 2.78. The summed E-state index contributed by atoms with van der Waals surface area (Å²) in [7, 11) is 0. The molecular formula is C12H17ClN2O. The molecule has 1 saturated heterocycles. The smallest absolute Gasteiger partial charge is 0.227 e. The first kappa shape index (κ1) is 13.0. The van der Waals surface area contributed by atoms with Gasteiger partial charge in [-0.25, -0.2) is 0 Å². The van der Waals surface area contributed by atoms with Crippen LogP contribution in [0.15, 0.2) is 30.3 Å². The monoisotopic (exact) mass is 240 g/mol. The third-order valence-electron chi connectivity index (χ3n) is 2.78. The Kier molecular flexibility index (Phi) is 4.77. The molecule has 1 aromatic rings. The molecule has 0 saturated carbocycles. The van der Waals surface area contributed by atoms with Crippen molar-refractivity contribution in [3.63, 3.8) is 0 Å². The quantitative estimate of drug-likeness (QED) is 0.845. The van der Waals surface area contributed by atoms with Gasteiger partial charge in [-0.15, -0.1) is 12.4 Å². The van der Waals surface area contributed by atoms with Gasteiger partial charge in [-0.1, -0.05) is 30.3 Å². The molecular weight excluding hydrogens is 224 g/mol. The van der Waals surface area contributed by atoms with Crippen molar-refractivity contribution in [2.45, 2.75) is 18.9 Å². The molecule has 16 heavy (non-hydrogen) atoms. The third kappa shape index (κ3) is 3.22. The van der Waals surface area contributed by atoms with Crippen LogP contribution in [0.4, 0.5) is 0 Å². The standard InChI is InChI=1S/C12H16N2O.ClH/c13-11-6-7-14(9-11)12(15)8-10-4-2-1-3-5-10;/h1-5,11H,6-9,13H2;1H/t11-;/m0./s1. The van der Waals surface area contributed by atoms with E-state index < -0.39 is 0 Å². The van der Waals surface area contributed by atoms with E-state index in [4.69, 9.17) is 5.73 Å². The normalized spacial score (nSPS) is 19.3. The van der Waals surface area contributed by atoms with E-state index >= 15 is 0 Å². The first-order chi connectivity index (χ1) is 7.25. The number of carbonyl (C=O) groups excluding carboxylic acids is 1. The zero-order chi connectivity index (χ0) is 10.7. The Labute approximate surface area is 102 Å². The fraction of sp³-hybridized carbons (Fsp3) is 0.417. The topological polar surface area (TPSA) is 46.3 Å². The molecule has 2 rings (SSSR count). The molecule has 0 unspecified atom stereocenters. The predicted molar refractivity (Wildman–Crippen MR) is 66.6 cm³/mol. The van der Waals surface area contributed by atoms with Gasteiger partial charge < -0.3 is 10.6 Å². The van der Waals surface area contributed by atoms with Gasteiger partial charge in [0, 0.05) is 19.1 Å². The van der Waals surface area contributed by atoms with Crippen LogP contribution >= 0.6 is 12.4 Å². The zero-order valence-corrected chi connectivity index (χ0v) is 9.95. The van der Waals surface area contributed by atoms with Crippen LogP contribution in [-0.4, -0.2) is 29.9 Å². The second kappa shape index (κ2) is 5.87. The van der Waals surface area contributed by atoms with Crippen LogP contribution in [-0.2, 0) is 11.2 Å². The van der Waals surface area contributed by atoms with Crippen LogP contribution in [0.2, 0.25) is 0 Å². The molecule has 1 atom stereocenters. The highest BCUT2D eigenvalue weighted by Gasteiger charge is 2.23. The van der Waals surface area contributed by atoms with Crippen molar-refractivity contribution < 1.29 is 4.79 Å². The Morgan fingerprint density at radius 1 is 1.38 bits per heavy atom. The lowest BCUT2D eigenvalue weighted by molar-refractivity contribution is -0.129. The molecule has 0 radical (unpaired) electrons. The minimum atomic E-state index is 0. The number of halogens is 1. The van der Waals surface area contributed by atoms with E-state index in [9.17, 15) is 4.79 Å². The van der Waals surface area contributed by atoms with E-state index in [1.165, 1.54) is 0 Å². The van der Waals surface area contributed by atoms with Crippen molar-refractivity contribution in [2.24, 2.45) is 5.73 Å². The van der Waals surface area contributed by atoms with E-state index in [2.05, 4.69) is 0 Å². The number of amides is 1. The number of nitrogens with two attached hydrogens (primary N) is 1. The maximum Gasteiger partial charge on any atom is 0.227 e. The Morgan fingerprint density at radius 3 is 2.62 bits per heavy atom. The summed E-state index contributed by atoms with van der Waals surface area (Å²) in [6, 6.07) is 10.0. The lowest BCUT2D eigenvalue weighted by atomic mass is 10.1. The number of likely N-dealkylation sites (tertiary alicyclic amines) is 1. The van der Waals surface area contributed by atoms with Crippen molar-refractivity contribution >= 4 is 18.3 Å². The summed E-state index contributed by atoms with van der Waals surface area (Å²) < 4.78 is 0. The minimum absolute atomic E-state index is 0. The van der Waals surface area contributed by atoms with Gasteiger partial charge in [0.1, 0.15) is 0 Å². The zero-order valence-electron chi connectivity index (χ0n) is 9.13. The van der Waals surface area contributed by atoms with Gasteiger partial charge in [-0.2, -0.15) is 0 Å². The molecule has 1 fully saturated rings. The van der Waals surface area contributed by atoms with Gasteiger partial charge >= 0.3 is 0 Å². The fourth-order valence-corrected chi connectivity index (χ4v) is 1.90. The van der Waals surface area contributed by atoms with Gasteiger partial charge in [0.2, 0.25) is 5.91 Å². The molecule has 3 nitrogen and oxygen atoms in total. The molecule has 0 bridgehead atoms. The first-order valence-corrected chi connectivity index (χ1v) is 5.33. The van der Waals surface area contributed by atoms with Crippen molar-refractivity contribution in [3.05, 3.63) is 35.9 Å². The molecule has 1 amide bonds. The number of nitrogens with zero attached hydrogens (tertiary/aromatic N) is 1. The lowest BCUT2D eigenvalue weighted by Gasteiger charge is -2.15. The van der Waals surface area contributed by atoms with Crippen molar-refractivity contribution in [1.82, 2.24) is 4.90 Å². The molecule has 0 aliphatic carbocycles. The van der Waals surface area contributed by atoms with Gasteiger partial charge in [0.05, 0.1) is 6.42 Å². The second-order valence-electron chi connectivity index (χ2n) is 4.05. The summed E-state index contributed by atoms with van der Waals surface area (Å²) in [4.78, 5) is 13.7. The van der Waals surface area contributed by atoms with Gasteiger partial charge in [-0.3, -0.25) is 4.79 Å². The van der Waals surface area contributed by atoms with E-state index in [1.807, 2.05) is 35.2 Å². The molecule has 1 aliphatic rings. The molecule has 4 heteroatoms. The molecule has 1 aliphatic heterocycles. The number of hydrogen-bond acceptors (Lipinski definition) is 2. The van der Waals surface area contributed by atoms with Crippen molar-refractivity contribution in [2.75, 3.05) is 13.1 Å². The fourth-order valence-electron chi connectivity index (χ4n) is 1.90. The largest absolute Gasteiger partial charge is 0.341 e. The molecule has 1 aromatic carbocycles. The molecule has 2 N–H and O–H groups in total. The maximum atomic E-state index is 11.8. The highest BCUT2D eigenvalue weighted by molar-refractivity contribution is 5.85. The predicted octanol–water partition coefficient (Wildman–Crippen LogP) is 1.21. The summed E-state index contributed by atoms with van der Waals surface area (Å²) >= 11 is 0. The number of benzene rings is 1. The second-order valence-corrected chi connectivity index (χ2v) is 4.05. The Morgan fingerprint density at radius 2 is 2.06 bits per heavy atom. The molecule has 88 valence electrons. The van der Waals surface area contributed by atoms with Crippen LogP contribution in [0.5, 0.6) is 0 Å². The average Bonchev–Trinajstić information content (AvgIpc) is 2.66. The van der Waals surface area contributed by atoms with Gasteiger partial charge in [-0.05, 0) is 12.0 Å². The Bertz CT molecular complexity index is 342. The van der Waals surface area contributed by atoms with Crippen LogP contribution in [0.1, 0.15) is 12.0 Å². The summed E-state index contributed by atoms with van der Waals surface area (Å²) in [6.45, 7) is 1.53. The highest BCUT2D eigenvalue weighted by Crippen LogP contribution is 2.10. The number of carbonyl (C=O) groups is 1. The van der Waals surface area contributed by atoms with E-state index in [0.717, 1.165) is 18.5 Å². The number of rotatable bonds is 2. The van der Waals surface area contributed by atoms with Crippen molar-refractivity contribution in [3.8, 4) is 0 Å².